The van der Waals surface area contributed by atoms with Crippen molar-refractivity contribution in [1.82, 2.24) is 4.98 Å². The van der Waals surface area contributed by atoms with Gasteiger partial charge in [-0.05, 0) is 48.5 Å². The van der Waals surface area contributed by atoms with E-state index in [4.69, 9.17) is 23.2 Å². The summed E-state index contributed by atoms with van der Waals surface area (Å²) in [4.78, 5) is 3.89. The van der Waals surface area contributed by atoms with Crippen molar-refractivity contribution in [3.05, 3.63) is 76.8 Å². The van der Waals surface area contributed by atoms with E-state index in [1.165, 1.54) is 54.6 Å². The average Bonchev–Trinajstić information content (AvgIpc) is 2.61. The first-order chi connectivity index (χ1) is 13.2. The third-order valence-corrected chi connectivity index (χ3v) is 6.61. The van der Waals surface area contributed by atoms with Crippen LogP contribution in [0.4, 0.5) is 11.6 Å². The fourth-order valence-corrected chi connectivity index (χ4v) is 4.81. The Balaban J connectivity index is 1.85. The molecule has 0 saturated carbocycles. The number of halogens is 2. The van der Waals surface area contributed by atoms with Gasteiger partial charge in [0, 0.05) is 10.0 Å². The van der Waals surface area contributed by atoms with Gasteiger partial charge in [-0.1, -0.05) is 41.4 Å². The first kappa shape index (κ1) is 20.4. The Bertz CT molecular complexity index is 1140. The molecule has 11 heteroatoms. The minimum atomic E-state index is -3.95. The van der Waals surface area contributed by atoms with Crippen LogP contribution in [0, 0.1) is 0 Å². The maximum absolute atomic E-state index is 12.4. The molecule has 0 bridgehead atoms. The van der Waals surface area contributed by atoms with Crippen LogP contribution in [0.1, 0.15) is 0 Å². The highest BCUT2D eigenvalue weighted by atomic mass is 35.5. The number of hydrogen-bond acceptors (Lipinski definition) is 5. The number of hydrogen-bond donors (Lipinski definition) is 2. The number of pyridine rings is 1. The highest BCUT2D eigenvalue weighted by molar-refractivity contribution is 7.93. The van der Waals surface area contributed by atoms with Crippen molar-refractivity contribution >= 4 is 54.9 Å². The van der Waals surface area contributed by atoms with Gasteiger partial charge in [0.05, 0.1) is 9.79 Å². The van der Waals surface area contributed by atoms with Gasteiger partial charge in [-0.25, -0.2) is 21.8 Å². The summed E-state index contributed by atoms with van der Waals surface area (Å²) in [5.74, 6) is -0.127. The molecule has 0 aliphatic heterocycles. The summed E-state index contributed by atoms with van der Waals surface area (Å²) in [5, 5.41) is 0.526. The molecule has 3 aromatic rings. The van der Waals surface area contributed by atoms with Gasteiger partial charge in [-0.15, -0.1) is 0 Å². The third kappa shape index (κ3) is 4.93. The summed E-state index contributed by atoms with van der Waals surface area (Å²) in [5.41, 5.74) is 0. The maximum atomic E-state index is 12.4. The lowest BCUT2D eigenvalue weighted by molar-refractivity contribution is 0.599. The minimum Gasteiger partial charge on any atom is -0.263 e. The van der Waals surface area contributed by atoms with E-state index in [-0.39, 0.29) is 31.5 Å². The second-order valence-electron chi connectivity index (χ2n) is 5.53. The van der Waals surface area contributed by atoms with Crippen molar-refractivity contribution in [3.63, 3.8) is 0 Å². The number of nitrogens with one attached hydrogen (secondary N) is 2. The second kappa shape index (κ2) is 7.96. The predicted molar refractivity (Wildman–Crippen MR) is 109 cm³/mol. The molecule has 2 aromatic carbocycles. The van der Waals surface area contributed by atoms with Crippen LogP contribution in [0.15, 0.2) is 76.5 Å². The van der Waals surface area contributed by atoms with Crippen molar-refractivity contribution in [2.45, 2.75) is 9.79 Å². The predicted octanol–water partition coefficient (Wildman–Crippen LogP) is 3.99. The summed E-state index contributed by atoms with van der Waals surface area (Å²) >= 11 is 11.7. The molecule has 0 fully saturated rings. The molecule has 1 aromatic heterocycles. The van der Waals surface area contributed by atoms with Crippen LogP contribution >= 0.6 is 23.2 Å². The molecule has 7 nitrogen and oxygen atoms in total. The van der Waals surface area contributed by atoms with Crippen molar-refractivity contribution in [1.29, 1.82) is 0 Å². The van der Waals surface area contributed by atoms with Crippen LogP contribution in [-0.4, -0.2) is 21.8 Å². The van der Waals surface area contributed by atoms with Gasteiger partial charge in [0.25, 0.3) is 20.0 Å². The lowest BCUT2D eigenvalue weighted by Crippen LogP contribution is -2.16. The molecular weight excluding hydrogens is 445 g/mol. The van der Waals surface area contributed by atoms with E-state index in [0.717, 1.165) is 0 Å². The molecule has 0 atom stereocenters. The molecular formula is C17H13Cl2N3O4S2. The summed E-state index contributed by atoms with van der Waals surface area (Å²) in [6, 6.07) is 15.6. The van der Waals surface area contributed by atoms with Gasteiger partial charge >= 0.3 is 0 Å². The smallest absolute Gasteiger partial charge is 0.263 e. The Labute approximate surface area is 172 Å². The Morgan fingerprint density at radius 2 is 1.04 bits per heavy atom. The summed E-state index contributed by atoms with van der Waals surface area (Å²) in [6.07, 6.45) is 0. The molecule has 1 heterocycles. The molecule has 0 aliphatic rings. The summed E-state index contributed by atoms with van der Waals surface area (Å²) in [7, 11) is -7.89. The standard InChI is InChI=1S/C17H13Cl2N3O4S2/c18-12-4-1-6-14(10-12)27(23,24)21-16-8-3-9-17(20-16)22-28(25,26)15-7-2-5-13(19)11-15/h1-11H,(H2,20,21,22). The zero-order valence-electron chi connectivity index (χ0n) is 14.0. The van der Waals surface area contributed by atoms with Crippen molar-refractivity contribution < 1.29 is 16.8 Å². The third-order valence-electron chi connectivity index (χ3n) is 3.44. The normalized spacial score (nSPS) is 11.8. The number of benzene rings is 2. The molecule has 146 valence electrons. The number of aromatic nitrogens is 1. The molecule has 0 amide bonds. The van der Waals surface area contributed by atoms with Crippen LogP contribution in [0.2, 0.25) is 10.0 Å². The van der Waals surface area contributed by atoms with Crippen molar-refractivity contribution in [2.24, 2.45) is 0 Å². The van der Waals surface area contributed by atoms with E-state index in [2.05, 4.69) is 14.4 Å². The number of sulfonamides is 2. The Morgan fingerprint density at radius 1 is 0.643 bits per heavy atom. The highest BCUT2D eigenvalue weighted by Gasteiger charge is 2.18. The number of nitrogens with zero attached hydrogens (tertiary/aromatic N) is 1. The largest absolute Gasteiger partial charge is 0.263 e. The topological polar surface area (TPSA) is 105 Å². The van der Waals surface area contributed by atoms with E-state index in [1.807, 2.05) is 0 Å². The number of rotatable bonds is 6. The van der Waals surface area contributed by atoms with E-state index in [1.54, 1.807) is 12.1 Å². The van der Waals surface area contributed by atoms with E-state index < -0.39 is 20.0 Å². The fourth-order valence-electron chi connectivity index (χ4n) is 2.21. The Kier molecular flexibility index (Phi) is 5.80. The van der Waals surface area contributed by atoms with Gasteiger partial charge in [0.15, 0.2) is 0 Å². The van der Waals surface area contributed by atoms with Crippen molar-refractivity contribution in [2.75, 3.05) is 9.44 Å². The van der Waals surface area contributed by atoms with Gasteiger partial charge in [-0.3, -0.25) is 9.44 Å². The van der Waals surface area contributed by atoms with Crippen LogP contribution in [-0.2, 0) is 20.0 Å². The quantitative estimate of drug-likeness (QED) is 0.581. The Morgan fingerprint density at radius 3 is 1.43 bits per heavy atom. The highest BCUT2D eigenvalue weighted by Crippen LogP contribution is 2.21. The van der Waals surface area contributed by atoms with Crippen LogP contribution in [0.25, 0.3) is 0 Å². The molecule has 2 N–H and O–H groups in total. The zero-order valence-corrected chi connectivity index (χ0v) is 17.1. The molecule has 28 heavy (non-hydrogen) atoms. The second-order valence-corrected chi connectivity index (χ2v) is 9.77. The zero-order chi connectivity index (χ0) is 20.4. The number of anilines is 2. The monoisotopic (exact) mass is 457 g/mol. The van der Waals surface area contributed by atoms with Crippen LogP contribution in [0.3, 0.4) is 0 Å². The SMILES string of the molecule is O=S(=O)(Nc1cccc(NS(=O)(=O)c2cccc(Cl)c2)n1)c1cccc(Cl)c1. The van der Waals surface area contributed by atoms with E-state index in [0.29, 0.717) is 0 Å². The van der Waals surface area contributed by atoms with Gasteiger partial charge in [0.1, 0.15) is 11.6 Å². The maximum Gasteiger partial charge on any atom is 0.263 e. The summed E-state index contributed by atoms with van der Waals surface area (Å²) < 4.78 is 54.4. The first-order valence-electron chi connectivity index (χ1n) is 7.70. The first-order valence-corrected chi connectivity index (χ1v) is 11.4. The Hall–Kier alpha value is -2.33. The van der Waals surface area contributed by atoms with Gasteiger partial charge in [0.2, 0.25) is 0 Å². The molecule has 0 aliphatic carbocycles. The van der Waals surface area contributed by atoms with Crippen LogP contribution in [0.5, 0.6) is 0 Å². The lowest BCUT2D eigenvalue weighted by atomic mass is 10.4. The molecule has 0 radical (unpaired) electrons. The summed E-state index contributed by atoms with van der Waals surface area (Å²) in [6.45, 7) is 0. The van der Waals surface area contributed by atoms with E-state index in [9.17, 15) is 16.8 Å². The van der Waals surface area contributed by atoms with Gasteiger partial charge in [-0.2, -0.15) is 0 Å². The minimum absolute atomic E-state index is 0.0493. The van der Waals surface area contributed by atoms with Crippen LogP contribution < -0.4 is 9.44 Å². The molecule has 3 rings (SSSR count). The molecule has 0 spiro atoms. The van der Waals surface area contributed by atoms with Gasteiger partial charge < -0.3 is 0 Å². The average molecular weight is 458 g/mol. The molecule has 0 saturated heterocycles. The molecule has 0 unspecified atom stereocenters. The fraction of sp³-hybridized carbons (Fsp3) is 0. The lowest BCUT2D eigenvalue weighted by Gasteiger charge is -2.11. The van der Waals surface area contributed by atoms with Crippen molar-refractivity contribution in [3.8, 4) is 0 Å². The van der Waals surface area contributed by atoms with E-state index >= 15 is 0 Å².